The highest BCUT2D eigenvalue weighted by molar-refractivity contribution is 6.11. The van der Waals surface area contributed by atoms with Crippen molar-refractivity contribution in [1.29, 1.82) is 0 Å². The van der Waals surface area contributed by atoms with Crippen LogP contribution in [0.15, 0.2) is 29.6 Å². The molecule has 0 radical (unpaired) electrons. The minimum absolute atomic E-state index is 0.155. The molecular weight excluding hydrogens is 340 g/mol. The number of hydrogen-bond donors (Lipinski definition) is 4. The van der Waals surface area contributed by atoms with Crippen molar-refractivity contribution >= 4 is 17.7 Å². The number of aromatic hydroxyl groups is 1. The molecule has 2 aliphatic carbocycles. The summed E-state index contributed by atoms with van der Waals surface area (Å²) in [6.45, 7) is 5.31. The third-order valence-electron chi connectivity index (χ3n) is 5.30. The van der Waals surface area contributed by atoms with Gasteiger partial charge >= 0.3 is 11.9 Å². The highest BCUT2D eigenvalue weighted by atomic mass is 16.4. The molecule has 0 aromatic heterocycles. The number of carboxylic acids is 2. The maximum Gasteiger partial charge on any atom is 0.340 e. The van der Waals surface area contributed by atoms with E-state index in [4.69, 9.17) is 0 Å². The van der Waals surface area contributed by atoms with Crippen LogP contribution in [-0.4, -0.2) is 38.1 Å². The second-order valence-corrected chi connectivity index (χ2v) is 7.25. The third-order valence-corrected chi connectivity index (χ3v) is 5.30. The predicted molar refractivity (Wildman–Crippen MR) is 90.8 cm³/mol. The fourth-order valence-corrected chi connectivity index (χ4v) is 4.00. The van der Waals surface area contributed by atoms with E-state index in [9.17, 15) is 34.8 Å². The number of carboxylic acid groups (broad SMARTS) is 2. The molecule has 1 aromatic rings. The summed E-state index contributed by atoms with van der Waals surface area (Å²) < 4.78 is 0. The van der Waals surface area contributed by atoms with E-state index >= 15 is 0 Å². The van der Waals surface area contributed by atoms with Gasteiger partial charge in [-0.05, 0) is 30.0 Å². The molecule has 0 heterocycles. The molecule has 2 unspecified atom stereocenters. The van der Waals surface area contributed by atoms with E-state index < -0.39 is 51.8 Å². The maximum absolute atomic E-state index is 13.0. The summed E-state index contributed by atoms with van der Waals surface area (Å²) in [7, 11) is 0. The van der Waals surface area contributed by atoms with Crippen LogP contribution in [0.5, 0.6) is 5.75 Å². The topological polar surface area (TPSA) is 132 Å². The number of fused-ring (bicyclic) bond motifs is 2. The number of allylic oxidation sites excluding steroid dienone is 4. The van der Waals surface area contributed by atoms with Crippen molar-refractivity contribution in [3.05, 3.63) is 51.8 Å². The quantitative estimate of drug-likeness (QED) is 0.639. The Kier molecular flexibility index (Phi) is 3.72. The summed E-state index contributed by atoms with van der Waals surface area (Å²) in [6.07, 6.45) is 3.29. The van der Waals surface area contributed by atoms with Gasteiger partial charge in [-0.25, -0.2) is 9.59 Å². The Bertz CT molecular complexity index is 934. The first-order valence-electron chi connectivity index (χ1n) is 7.98. The SMILES string of the molecule is CC1=CC2C(C(=O)c3c(cc(C(=O)O)c(C(=O)O)c3O)C2(C)C)C(O)=C1. The van der Waals surface area contributed by atoms with Crippen molar-refractivity contribution in [1.82, 2.24) is 0 Å². The van der Waals surface area contributed by atoms with E-state index in [1.165, 1.54) is 6.08 Å². The minimum Gasteiger partial charge on any atom is -0.512 e. The molecular formula is C19H18O7. The first kappa shape index (κ1) is 17.7. The number of carbonyl (C=O) groups is 3. The van der Waals surface area contributed by atoms with Gasteiger partial charge in [-0.15, -0.1) is 0 Å². The fraction of sp³-hybridized carbons (Fsp3) is 0.316. The Labute approximate surface area is 148 Å². The molecule has 4 N–H and O–H groups in total. The zero-order valence-electron chi connectivity index (χ0n) is 14.4. The Morgan fingerprint density at radius 1 is 1.12 bits per heavy atom. The number of aliphatic hydroxyl groups is 1. The molecule has 0 amide bonds. The predicted octanol–water partition coefficient (Wildman–Crippen LogP) is 2.90. The van der Waals surface area contributed by atoms with Gasteiger partial charge in [0.15, 0.2) is 5.78 Å². The first-order valence-corrected chi connectivity index (χ1v) is 7.98. The van der Waals surface area contributed by atoms with E-state index in [0.717, 1.165) is 11.6 Å². The van der Waals surface area contributed by atoms with Crippen LogP contribution in [0.1, 0.15) is 57.4 Å². The number of Topliss-reactive ketones (excluding diaryl/α,β-unsaturated/α-hetero) is 1. The Balaban J connectivity index is 2.41. The number of rotatable bonds is 2. The van der Waals surface area contributed by atoms with Gasteiger partial charge in [0, 0.05) is 5.92 Å². The van der Waals surface area contributed by atoms with Crippen LogP contribution in [0.25, 0.3) is 0 Å². The summed E-state index contributed by atoms with van der Waals surface area (Å²) in [6, 6.07) is 1.15. The van der Waals surface area contributed by atoms with Gasteiger partial charge in [-0.2, -0.15) is 0 Å². The lowest BCUT2D eigenvalue weighted by Gasteiger charge is -2.44. The maximum atomic E-state index is 13.0. The number of hydrogen-bond acceptors (Lipinski definition) is 5. The lowest BCUT2D eigenvalue weighted by Crippen LogP contribution is -2.45. The van der Waals surface area contributed by atoms with Crippen LogP contribution in [0.3, 0.4) is 0 Å². The summed E-state index contributed by atoms with van der Waals surface area (Å²) >= 11 is 0. The summed E-state index contributed by atoms with van der Waals surface area (Å²) in [5.74, 6) is -6.22. The molecule has 3 rings (SSSR count). The van der Waals surface area contributed by atoms with E-state index in [2.05, 4.69) is 0 Å². The number of phenols is 1. The molecule has 0 spiro atoms. The number of ketones is 1. The van der Waals surface area contributed by atoms with E-state index in [1.54, 1.807) is 20.8 Å². The highest BCUT2D eigenvalue weighted by Gasteiger charge is 2.51. The molecule has 7 heteroatoms. The molecule has 0 saturated carbocycles. The van der Waals surface area contributed by atoms with Gasteiger partial charge in [0.25, 0.3) is 0 Å². The van der Waals surface area contributed by atoms with Crippen LogP contribution in [0.4, 0.5) is 0 Å². The van der Waals surface area contributed by atoms with Gasteiger partial charge in [0.2, 0.25) is 0 Å². The van der Waals surface area contributed by atoms with Crippen molar-refractivity contribution in [2.45, 2.75) is 26.2 Å². The molecule has 0 fully saturated rings. The Morgan fingerprint density at radius 3 is 2.27 bits per heavy atom. The average molecular weight is 358 g/mol. The van der Waals surface area contributed by atoms with Gasteiger partial charge < -0.3 is 20.4 Å². The van der Waals surface area contributed by atoms with Crippen LogP contribution < -0.4 is 0 Å². The number of carbonyl (C=O) groups excluding carboxylic acids is 1. The Morgan fingerprint density at radius 2 is 1.73 bits per heavy atom. The Hall–Kier alpha value is -3.09. The average Bonchev–Trinajstić information content (AvgIpc) is 2.50. The summed E-state index contributed by atoms with van der Waals surface area (Å²) in [5.41, 5.74) is -1.46. The van der Waals surface area contributed by atoms with E-state index in [-0.39, 0.29) is 16.9 Å². The molecule has 1 aromatic carbocycles. The second kappa shape index (κ2) is 5.45. The smallest absolute Gasteiger partial charge is 0.340 e. The van der Waals surface area contributed by atoms with Crippen molar-refractivity contribution in [2.75, 3.05) is 0 Å². The fourth-order valence-electron chi connectivity index (χ4n) is 4.00. The van der Waals surface area contributed by atoms with Crippen molar-refractivity contribution in [2.24, 2.45) is 11.8 Å². The molecule has 2 atom stereocenters. The van der Waals surface area contributed by atoms with Crippen LogP contribution in [0, 0.1) is 11.8 Å². The van der Waals surface area contributed by atoms with Gasteiger partial charge in [-0.1, -0.05) is 25.5 Å². The van der Waals surface area contributed by atoms with Crippen molar-refractivity contribution in [3.8, 4) is 5.75 Å². The monoisotopic (exact) mass is 358 g/mol. The molecule has 136 valence electrons. The van der Waals surface area contributed by atoms with E-state index in [0.29, 0.717) is 0 Å². The van der Waals surface area contributed by atoms with Crippen LogP contribution >= 0.6 is 0 Å². The summed E-state index contributed by atoms with van der Waals surface area (Å²) in [4.78, 5) is 36.0. The lowest BCUT2D eigenvalue weighted by atomic mass is 9.58. The molecule has 0 aliphatic heterocycles. The number of aliphatic hydroxyl groups excluding tert-OH is 1. The molecule has 7 nitrogen and oxygen atoms in total. The molecule has 0 saturated heterocycles. The van der Waals surface area contributed by atoms with Gasteiger partial charge in [0.05, 0.1) is 17.0 Å². The zero-order valence-corrected chi connectivity index (χ0v) is 14.4. The lowest BCUT2D eigenvalue weighted by molar-refractivity contribution is 0.0646. The van der Waals surface area contributed by atoms with Gasteiger partial charge in [0.1, 0.15) is 17.1 Å². The standard InChI is InChI=1S/C19H18O7/c1-7-4-9-13(11(20)5-7)16(22)14-10(19(9,2)3)6-8(17(23)24)12(15(14)21)18(25)26/h4-6,9,13,20-21H,1-3H3,(H,23,24)(H,25,26). The minimum atomic E-state index is -1.64. The second-order valence-electron chi connectivity index (χ2n) is 7.25. The van der Waals surface area contributed by atoms with Crippen LogP contribution in [0.2, 0.25) is 0 Å². The molecule has 0 bridgehead atoms. The number of benzene rings is 1. The zero-order chi connectivity index (χ0) is 19.5. The molecule has 26 heavy (non-hydrogen) atoms. The summed E-state index contributed by atoms with van der Waals surface area (Å²) in [5, 5.41) is 39.5. The van der Waals surface area contributed by atoms with Gasteiger partial charge in [-0.3, -0.25) is 4.79 Å². The normalized spacial score (nSPS) is 23.4. The number of aromatic carboxylic acids is 2. The van der Waals surface area contributed by atoms with Crippen LogP contribution in [-0.2, 0) is 5.41 Å². The van der Waals surface area contributed by atoms with Crippen molar-refractivity contribution < 1.29 is 34.8 Å². The molecule has 2 aliphatic rings. The highest BCUT2D eigenvalue weighted by Crippen LogP contribution is 2.51. The first-order chi connectivity index (χ1) is 12.0. The van der Waals surface area contributed by atoms with Crippen molar-refractivity contribution in [3.63, 3.8) is 0 Å². The van der Waals surface area contributed by atoms with E-state index in [1.807, 2.05) is 6.08 Å². The largest absolute Gasteiger partial charge is 0.512 e. The third kappa shape index (κ3) is 2.23.